The van der Waals surface area contributed by atoms with Crippen molar-refractivity contribution < 1.29 is 18.3 Å². The van der Waals surface area contributed by atoms with Crippen LogP contribution in [0.4, 0.5) is 13.2 Å². The SMILES string of the molecule is Cn1cc(-c2nc(-c3ccc(C(F)(F)F)cc3)cc3c(=O)n([C@H]4CC[C@@H](O)C4)cnc23)cn1. The van der Waals surface area contributed by atoms with E-state index >= 15 is 0 Å². The van der Waals surface area contributed by atoms with E-state index in [0.29, 0.717) is 52.7 Å². The fourth-order valence-corrected chi connectivity index (χ4v) is 4.31. The molecule has 1 aliphatic rings. The number of aliphatic hydroxyl groups is 1. The number of fused-ring (bicyclic) bond motifs is 1. The Morgan fingerprint density at radius 3 is 2.48 bits per heavy atom. The Bertz CT molecular complexity index is 1390. The maximum absolute atomic E-state index is 13.4. The number of benzene rings is 1. The predicted molar refractivity (Wildman–Crippen MR) is 115 cm³/mol. The van der Waals surface area contributed by atoms with Crippen molar-refractivity contribution in [1.29, 1.82) is 0 Å². The summed E-state index contributed by atoms with van der Waals surface area (Å²) in [6.45, 7) is 0. The lowest BCUT2D eigenvalue weighted by Crippen LogP contribution is -2.24. The lowest BCUT2D eigenvalue weighted by atomic mass is 10.0. The monoisotopic (exact) mass is 455 g/mol. The van der Waals surface area contributed by atoms with Crippen LogP contribution in [0.1, 0.15) is 30.9 Å². The smallest absolute Gasteiger partial charge is 0.393 e. The van der Waals surface area contributed by atoms with Crippen LogP contribution in [0.25, 0.3) is 33.4 Å². The van der Waals surface area contributed by atoms with E-state index in [4.69, 9.17) is 0 Å². The molecule has 33 heavy (non-hydrogen) atoms. The summed E-state index contributed by atoms with van der Waals surface area (Å²) < 4.78 is 42.1. The second-order valence-electron chi connectivity index (χ2n) is 8.31. The minimum Gasteiger partial charge on any atom is -0.393 e. The van der Waals surface area contributed by atoms with Crippen molar-refractivity contribution in [2.24, 2.45) is 7.05 Å². The summed E-state index contributed by atoms with van der Waals surface area (Å²) in [4.78, 5) is 22.6. The molecule has 3 heterocycles. The first-order valence-corrected chi connectivity index (χ1v) is 10.5. The van der Waals surface area contributed by atoms with Crippen molar-refractivity contribution in [2.45, 2.75) is 37.6 Å². The average molecular weight is 455 g/mol. The molecule has 7 nitrogen and oxygen atoms in total. The molecular formula is C23H20F3N5O2. The van der Waals surface area contributed by atoms with E-state index in [1.165, 1.54) is 23.0 Å². The Kier molecular flexibility index (Phi) is 5.04. The number of rotatable bonds is 3. The van der Waals surface area contributed by atoms with Crippen LogP contribution >= 0.6 is 0 Å². The molecule has 2 atom stereocenters. The Morgan fingerprint density at radius 1 is 1.12 bits per heavy atom. The number of halogens is 3. The normalized spacial score (nSPS) is 18.8. The van der Waals surface area contributed by atoms with Crippen molar-refractivity contribution in [1.82, 2.24) is 24.3 Å². The van der Waals surface area contributed by atoms with Gasteiger partial charge in [0, 0.05) is 30.4 Å². The molecule has 1 N–H and O–H groups in total. The third-order valence-corrected chi connectivity index (χ3v) is 6.03. The van der Waals surface area contributed by atoms with Crippen molar-refractivity contribution >= 4 is 10.9 Å². The number of pyridine rings is 1. The Labute approximate surface area is 186 Å². The van der Waals surface area contributed by atoms with Crippen LogP contribution in [0, 0.1) is 0 Å². The molecule has 4 aromatic rings. The second-order valence-corrected chi connectivity index (χ2v) is 8.31. The third-order valence-electron chi connectivity index (χ3n) is 6.03. The average Bonchev–Trinajstić information content (AvgIpc) is 3.41. The maximum Gasteiger partial charge on any atom is 0.416 e. The predicted octanol–water partition coefficient (Wildman–Crippen LogP) is 3.96. The standard InChI is InChI=1S/C23H20F3N5O2/c1-30-11-14(10-28-30)20-21-18(22(33)31(12-27-21)16-6-7-17(32)8-16)9-19(29-20)13-2-4-15(5-3-13)23(24,25)26/h2-5,9-12,16-17,32H,6-8H2,1H3/t16-,17+/m0/s1. The molecule has 170 valence electrons. The van der Waals surface area contributed by atoms with Gasteiger partial charge in [-0.2, -0.15) is 18.3 Å². The van der Waals surface area contributed by atoms with Gasteiger partial charge < -0.3 is 5.11 Å². The number of hydrogen-bond acceptors (Lipinski definition) is 5. The summed E-state index contributed by atoms with van der Waals surface area (Å²) in [5.41, 5.74) is 1.21. The van der Waals surface area contributed by atoms with Crippen molar-refractivity contribution in [3.05, 3.63) is 65.0 Å². The zero-order valence-corrected chi connectivity index (χ0v) is 17.6. The number of aryl methyl sites for hydroxylation is 1. The van der Waals surface area contributed by atoms with E-state index in [9.17, 15) is 23.1 Å². The summed E-state index contributed by atoms with van der Waals surface area (Å²) in [7, 11) is 1.75. The molecule has 0 aliphatic heterocycles. The summed E-state index contributed by atoms with van der Waals surface area (Å²) in [5, 5.41) is 14.4. The minimum atomic E-state index is -4.44. The van der Waals surface area contributed by atoms with Crippen molar-refractivity contribution in [3.63, 3.8) is 0 Å². The molecule has 0 saturated heterocycles. The van der Waals surface area contributed by atoms with Crippen LogP contribution in [0.5, 0.6) is 0 Å². The van der Waals surface area contributed by atoms with E-state index in [0.717, 1.165) is 12.1 Å². The van der Waals surface area contributed by atoms with E-state index < -0.39 is 17.8 Å². The van der Waals surface area contributed by atoms with Crippen LogP contribution < -0.4 is 5.56 Å². The van der Waals surface area contributed by atoms with E-state index in [-0.39, 0.29) is 11.6 Å². The lowest BCUT2D eigenvalue weighted by molar-refractivity contribution is -0.137. The highest BCUT2D eigenvalue weighted by atomic mass is 19.4. The highest BCUT2D eigenvalue weighted by Crippen LogP contribution is 2.33. The van der Waals surface area contributed by atoms with Gasteiger partial charge in [0.2, 0.25) is 0 Å². The molecule has 1 aromatic carbocycles. The van der Waals surface area contributed by atoms with E-state index in [1.54, 1.807) is 30.2 Å². The molecular weight excluding hydrogens is 435 g/mol. The number of alkyl halides is 3. The van der Waals surface area contributed by atoms with Gasteiger partial charge in [-0.1, -0.05) is 12.1 Å². The van der Waals surface area contributed by atoms with Gasteiger partial charge in [-0.05, 0) is 37.5 Å². The molecule has 0 spiro atoms. The highest BCUT2D eigenvalue weighted by Gasteiger charge is 2.30. The van der Waals surface area contributed by atoms with Crippen molar-refractivity contribution in [2.75, 3.05) is 0 Å². The largest absolute Gasteiger partial charge is 0.416 e. The van der Waals surface area contributed by atoms with Gasteiger partial charge in [0.05, 0.1) is 35.3 Å². The number of nitrogens with zero attached hydrogens (tertiary/aromatic N) is 5. The summed E-state index contributed by atoms with van der Waals surface area (Å²) in [6.07, 6.45) is 1.66. The summed E-state index contributed by atoms with van der Waals surface area (Å²) in [5.74, 6) is 0. The van der Waals surface area contributed by atoms with Gasteiger partial charge in [-0.25, -0.2) is 9.97 Å². The minimum absolute atomic E-state index is 0.158. The molecule has 5 rings (SSSR count). The van der Waals surface area contributed by atoms with E-state index in [1.807, 2.05) is 0 Å². The Balaban J connectivity index is 1.71. The van der Waals surface area contributed by atoms with Crippen LogP contribution in [0.15, 0.2) is 53.8 Å². The zero-order chi connectivity index (χ0) is 23.3. The summed E-state index contributed by atoms with van der Waals surface area (Å²) >= 11 is 0. The van der Waals surface area contributed by atoms with Crippen LogP contribution in [0.3, 0.4) is 0 Å². The zero-order valence-electron chi connectivity index (χ0n) is 17.6. The first-order valence-electron chi connectivity index (χ1n) is 10.5. The van der Waals surface area contributed by atoms with Gasteiger partial charge >= 0.3 is 6.18 Å². The Hall–Kier alpha value is -3.53. The van der Waals surface area contributed by atoms with Gasteiger partial charge in [-0.3, -0.25) is 14.0 Å². The topological polar surface area (TPSA) is 85.8 Å². The highest BCUT2D eigenvalue weighted by molar-refractivity contribution is 5.93. The molecule has 0 unspecified atom stereocenters. The van der Waals surface area contributed by atoms with Gasteiger partial charge in [0.1, 0.15) is 11.2 Å². The first-order chi connectivity index (χ1) is 15.7. The molecule has 3 aromatic heterocycles. The molecule has 10 heteroatoms. The quantitative estimate of drug-likeness (QED) is 0.505. The molecule has 0 radical (unpaired) electrons. The number of hydrogen-bond donors (Lipinski definition) is 1. The third kappa shape index (κ3) is 3.91. The fourth-order valence-electron chi connectivity index (χ4n) is 4.31. The lowest BCUT2D eigenvalue weighted by Gasteiger charge is -2.15. The molecule has 0 amide bonds. The van der Waals surface area contributed by atoms with Crippen LogP contribution in [-0.2, 0) is 13.2 Å². The first kappa shape index (κ1) is 21.3. The Morgan fingerprint density at radius 2 is 1.88 bits per heavy atom. The summed E-state index contributed by atoms with van der Waals surface area (Å²) in [6, 6.07) is 6.07. The molecule has 1 aliphatic carbocycles. The molecule has 1 saturated carbocycles. The van der Waals surface area contributed by atoms with Gasteiger partial charge in [-0.15, -0.1) is 0 Å². The van der Waals surface area contributed by atoms with Crippen molar-refractivity contribution in [3.8, 4) is 22.5 Å². The maximum atomic E-state index is 13.4. The second kappa shape index (κ2) is 7.80. The van der Waals surface area contributed by atoms with E-state index in [2.05, 4.69) is 15.1 Å². The molecule has 0 bridgehead atoms. The van der Waals surface area contributed by atoms with Gasteiger partial charge in [0.15, 0.2) is 0 Å². The van der Waals surface area contributed by atoms with Crippen LogP contribution in [-0.4, -0.2) is 35.5 Å². The fraction of sp³-hybridized carbons (Fsp3) is 0.304. The number of aromatic nitrogens is 5. The van der Waals surface area contributed by atoms with Crippen LogP contribution in [0.2, 0.25) is 0 Å². The number of aliphatic hydroxyl groups excluding tert-OH is 1. The van der Waals surface area contributed by atoms with Gasteiger partial charge in [0.25, 0.3) is 5.56 Å². The molecule has 1 fully saturated rings.